The molecule has 0 unspecified atom stereocenters. The Morgan fingerprint density at radius 2 is 2.43 bits per heavy atom. The van der Waals surface area contributed by atoms with Crippen molar-refractivity contribution < 1.29 is 9.32 Å². The van der Waals surface area contributed by atoms with Gasteiger partial charge in [0.25, 0.3) is 0 Å². The Bertz CT molecular complexity index is 613. The molecule has 2 N–H and O–H groups in total. The minimum Gasteiger partial charge on any atom is -0.353 e. The normalized spacial score (nSPS) is 22.0. The Morgan fingerprint density at radius 1 is 1.52 bits per heavy atom. The van der Waals surface area contributed by atoms with Crippen molar-refractivity contribution in [3.05, 3.63) is 30.4 Å². The van der Waals surface area contributed by atoms with Gasteiger partial charge in [-0.05, 0) is 25.1 Å². The molecule has 0 bridgehead atoms. The molecule has 1 aliphatic heterocycles. The van der Waals surface area contributed by atoms with Crippen molar-refractivity contribution in [1.29, 1.82) is 0 Å². The van der Waals surface area contributed by atoms with Crippen LogP contribution in [0.3, 0.4) is 0 Å². The summed E-state index contributed by atoms with van der Waals surface area (Å²) in [6, 6.07) is 3.73. The Hall–Kier alpha value is -2.28. The molecule has 110 valence electrons. The lowest BCUT2D eigenvalue weighted by Gasteiger charge is -2.29. The van der Waals surface area contributed by atoms with Gasteiger partial charge in [-0.15, -0.1) is 0 Å². The molecule has 1 fully saturated rings. The average molecular weight is 287 g/mol. The van der Waals surface area contributed by atoms with E-state index in [4.69, 9.17) is 4.52 Å². The first-order valence-electron chi connectivity index (χ1n) is 6.96. The molecule has 0 saturated carbocycles. The Morgan fingerprint density at radius 3 is 3.19 bits per heavy atom. The highest BCUT2D eigenvalue weighted by molar-refractivity contribution is 5.73. The van der Waals surface area contributed by atoms with E-state index >= 15 is 0 Å². The molecule has 2 atom stereocenters. The molecule has 7 nitrogen and oxygen atoms in total. The van der Waals surface area contributed by atoms with Crippen LogP contribution in [0.5, 0.6) is 0 Å². The average Bonchev–Trinajstić information content (AvgIpc) is 2.98. The standard InChI is InChI=1S/C14H17N5O2/c1-9(20)17-12-4-6-16-8-11(12)14-18-13(19-21-14)10-3-2-5-15-7-10/h2-3,5,7,11-12,16H,4,6,8H2,1H3,(H,17,20)/t11-,12+/m0/s1. The molecule has 0 aliphatic carbocycles. The molecule has 3 rings (SSSR count). The number of nitrogens with one attached hydrogen (secondary N) is 2. The first-order chi connectivity index (χ1) is 10.2. The van der Waals surface area contributed by atoms with E-state index in [1.807, 2.05) is 12.1 Å². The number of piperidine rings is 1. The van der Waals surface area contributed by atoms with Crippen LogP contribution in [0.25, 0.3) is 11.4 Å². The lowest BCUT2D eigenvalue weighted by molar-refractivity contribution is -0.120. The predicted molar refractivity (Wildman–Crippen MR) is 75.4 cm³/mol. The summed E-state index contributed by atoms with van der Waals surface area (Å²) in [6.45, 7) is 3.10. The van der Waals surface area contributed by atoms with Crippen molar-refractivity contribution in [1.82, 2.24) is 25.8 Å². The van der Waals surface area contributed by atoms with Crippen LogP contribution in [0.4, 0.5) is 0 Å². The van der Waals surface area contributed by atoms with Crippen molar-refractivity contribution in [3.8, 4) is 11.4 Å². The minimum absolute atomic E-state index is 0.0134. The molecule has 1 aliphatic rings. The second-order valence-electron chi connectivity index (χ2n) is 5.10. The third kappa shape index (κ3) is 3.08. The smallest absolute Gasteiger partial charge is 0.233 e. The van der Waals surface area contributed by atoms with Crippen molar-refractivity contribution in [2.45, 2.75) is 25.3 Å². The fourth-order valence-electron chi connectivity index (χ4n) is 2.55. The first kappa shape index (κ1) is 13.7. The van der Waals surface area contributed by atoms with E-state index < -0.39 is 0 Å². The van der Waals surface area contributed by atoms with E-state index in [0.717, 1.165) is 18.5 Å². The number of hydrogen-bond acceptors (Lipinski definition) is 6. The summed E-state index contributed by atoms with van der Waals surface area (Å²) >= 11 is 0. The maximum absolute atomic E-state index is 11.3. The quantitative estimate of drug-likeness (QED) is 0.863. The molecule has 21 heavy (non-hydrogen) atoms. The SMILES string of the molecule is CC(=O)N[C@@H]1CCNC[C@@H]1c1nc(-c2cccnc2)no1. The summed E-state index contributed by atoms with van der Waals surface area (Å²) < 4.78 is 5.39. The zero-order valence-corrected chi connectivity index (χ0v) is 11.7. The van der Waals surface area contributed by atoms with E-state index in [1.54, 1.807) is 12.4 Å². The van der Waals surface area contributed by atoms with Crippen LogP contribution in [-0.2, 0) is 4.79 Å². The van der Waals surface area contributed by atoms with Crippen LogP contribution in [0.15, 0.2) is 29.0 Å². The molecule has 1 amide bonds. The number of amides is 1. The molecular formula is C14H17N5O2. The summed E-state index contributed by atoms with van der Waals surface area (Å²) in [5.41, 5.74) is 0.812. The molecule has 0 aromatic carbocycles. The number of nitrogens with zero attached hydrogens (tertiary/aromatic N) is 3. The van der Waals surface area contributed by atoms with Crippen molar-refractivity contribution in [2.75, 3.05) is 13.1 Å². The number of carbonyl (C=O) groups is 1. The second-order valence-corrected chi connectivity index (χ2v) is 5.10. The van der Waals surface area contributed by atoms with Crippen molar-refractivity contribution >= 4 is 5.91 Å². The van der Waals surface area contributed by atoms with E-state index in [9.17, 15) is 4.79 Å². The topological polar surface area (TPSA) is 92.9 Å². The highest BCUT2D eigenvalue weighted by Gasteiger charge is 2.31. The maximum atomic E-state index is 11.3. The largest absolute Gasteiger partial charge is 0.353 e. The van der Waals surface area contributed by atoms with Crippen molar-refractivity contribution in [2.24, 2.45) is 0 Å². The Labute approximate surface area is 122 Å². The van der Waals surface area contributed by atoms with E-state index in [-0.39, 0.29) is 17.9 Å². The van der Waals surface area contributed by atoms with Crippen LogP contribution in [0.1, 0.15) is 25.2 Å². The Kier molecular flexibility index (Phi) is 3.92. The third-order valence-corrected chi connectivity index (χ3v) is 3.55. The number of aromatic nitrogens is 3. The monoisotopic (exact) mass is 287 g/mol. The van der Waals surface area contributed by atoms with Gasteiger partial charge in [-0.3, -0.25) is 9.78 Å². The van der Waals surface area contributed by atoms with E-state index in [2.05, 4.69) is 25.8 Å². The van der Waals surface area contributed by atoms with Gasteiger partial charge in [-0.1, -0.05) is 5.16 Å². The van der Waals surface area contributed by atoms with Gasteiger partial charge >= 0.3 is 0 Å². The van der Waals surface area contributed by atoms with Gasteiger partial charge in [0.05, 0.1) is 5.92 Å². The van der Waals surface area contributed by atoms with Gasteiger partial charge < -0.3 is 15.2 Å². The maximum Gasteiger partial charge on any atom is 0.233 e. The summed E-state index contributed by atoms with van der Waals surface area (Å²) in [5.74, 6) is 1.00. The number of hydrogen-bond donors (Lipinski definition) is 2. The predicted octanol–water partition coefficient (Wildman–Crippen LogP) is 0.713. The van der Waals surface area contributed by atoms with Crippen LogP contribution in [0, 0.1) is 0 Å². The summed E-state index contributed by atoms with van der Waals surface area (Å²) in [7, 11) is 0. The highest BCUT2D eigenvalue weighted by Crippen LogP contribution is 2.24. The molecule has 0 radical (unpaired) electrons. The minimum atomic E-state index is -0.0427. The van der Waals surface area contributed by atoms with Gasteiger partial charge in [0.2, 0.25) is 17.6 Å². The molecule has 7 heteroatoms. The molecule has 3 heterocycles. The number of rotatable bonds is 3. The summed E-state index contributed by atoms with van der Waals surface area (Å²) in [5, 5.41) is 10.3. The van der Waals surface area contributed by atoms with Gasteiger partial charge in [0.15, 0.2) is 0 Å². The fraction of sp³-hybridized carbons (Fsp3) is 0.429. The van der Waals surface area contributed by atoms with Gasteiger partial charge in [-0.2, -0.15) is 4.98 Å². The molecule has 1 saturated heterocycles. The van der Waals surface area contributed by atoms with Crippen LogP contribution < -0.4 is 10.6 Å². The lowest BCUT2D eigenvalue weighted by Crippen LogP contribution is -2.47. The summed E-state index contributed by atoms with van der Waals surface area (Å²) in [6.07, 6.45) is 4.23. The van der Waals surface area contributed by atoms with Gasteiger partial charge in [0, 0.05) is 37.5 Å². The first-order valence-corrected chi connectivity index (χ1v) is 6.96. The summed E-state index contributed by atoms with van der Waals surface area (Å²) in [4.78, 5) is 19.8. The molecule has 2 aromatic heterocycles. The zero-order valence-electron chi connectivity index (χ0n) is 11.7. The highest BCUT2D eigenvalue weighted by atomic mass is 16.5. The van der Waals surface area contributed by atoms with E-state index in [1.165, 1.54) is 6.92 Å². The number of carbonyl (C=O) groups excluding carboxylic acids is 1. The van der Waals surface area contributed by atoms with Crippen LogP contribution >= 0.6 is 0 Å². The fourth-order valence-corrected chi connectivity index (χ4v) is 2.55. The molecular weight excluding hydrogens is 270 g/mol. The van der Waals surface area contributed by atoms with E-state index in [0.29, 0.717) is 18.3 Å². The molecule has 0 spiro atoms. The van der Waals surface area contributed by atoms with Gasteiger partial charge in [0.1, 0.15) is 0 Å². The lowest BCUT2D eigenvalue weighted by atomic mass is 9.93. The second kappa shape index (κ2) is 6.01. The van der Waals surface area contributed by atoms with Crippen LogP contribution in [0.2, 0.25) is 0 Å². The number of pyridine rings is 1. The third-order valence-electron chi connectivity index (χ3n) is 3.55. The van der Waals surface area contributed by atoms with Crippen molar-refractivity contribution in [3.63, 3.8) is 0 Å². The molecule has 2 aromatic rings. The van der Waals surface area contributed by atoms with Crippen LogP contribution in [-0.4, -0.2) is 40.2 Å². The Balaban J connectivity index is 1.82. The zero-order chi connectivity index (χ0) is 14.7. The van der Waals surface area contributed by atoms with Gasteiger partial charge in [-0.25, -0.2) is 0 Å².